The summed E-state index contributed by atoms with van der Waals surface area (Å²) >= 11 is 5.60. The van der Waals surface area contributed by atoms with Gasteiger partial charge in [-0.2, -0.15) is 5.26 Å². The largest absolute Gasteiger partial charge is 0.488 e. The quantitative estimate of drug-likeness (QED) is 0.720. The molecule has 0 saturated heterocycles. The van der Waals surface area contributed by atoms with E-state index >= 15 is 0 Å². The van der Waals surface area contributed by atoms with E-state index < -0.39 is 0 Å². The lowest BCUT2D eigenvalue weighted by Crippen LogP contribution is -2.07. The first-order valence-electron chi connectivity index (χ1n) is 4.29. The van der Waals surface area contributed by atoms with Crippen LogP contribution in [0.3, 0.4) is 0 Å². The molecule has 0 unspecified atom stereocenters. The molecule has 0 atom stereocenters. The van der Waals surface area contributed by atoms with E-state index in [1.807, 2.05) is 13.8 Å². The Morgan fingerprint density at radius 3 is 2.86 bits per heavy atom. The molecule has 1 aromatic rings. The average Bonchev–Trinajstić information content (AvgIpc) is 2.17. The van der Waals surface area contributed by atoms with Gasteiger partial charge in [-0.3, -0.25) is 4.98 Å². The second-order valence-electron chi connectivity index (χ2n) is 3.08. The Labute approximate surface area is 88.3 Å². The molecule has 0 spiro atoms. The molecule has 1 heterocycles. The van der Waals surface area contributed by atoms with E-state index in [0.717, 1.165) is 0 Å². The lowest BCUT2D eigenvalue weighted by molar-refractivity contribution is 0.240. The van der Waals surface area contributed by atoms with Crippen molar-refractivity contribution >= 4 is 11.6 Å². The van der Waals surface area contributed by atoms with Crippen LogP contribution in [-0.2, 0) is 5.88 Å². The Balaban J connectivity index is 3.01. The molecule has 1 aromatic heterocycles. The van der Waals surface area contributed by atoms with Gasteiger partial charge in [0, 0.05) is 0 Å². The highest BCUT2D eigenvalue weighted by Crippen LogP contribution is 2.19. The van der Waals surface area contributed by atoms with Crippen molar-refractivity contribution in [1.82, 2.24) is 4.98 Å². The maximum absolute atomic E-state index is 8.85. The van der Waals surface area contributed by atoms with E-state index in [0.29, 0.717) is 22.9 Å². The van der Waals surface area contributed by atoms with E-state index in [2.05, 4.69) is 11.1 Å². The normalized spacial score (nSPS) is 9.93. The number of alkyl halides is 1. The summed E-state index contributed by atoms with van der Waals surface area (Å²) in [6, 6.07) is 3.70. The zero-order valence-corrected chi connectivity index (χ0v) is 8.88. The molecule has 3 nitrogen and oxygen atoms in total. The van der Waals surface area contributed by atoms with Crippen molar-refractivity contribution in [2.24, 2.45) is 0 Å². The molecule has 0 amide bonds. The number of hydrogen-bond donors (Lipinski definition) is 0. The van der Waals surface area contributed by atoms with Gasteiger partial charge >= 0.3 is 0 Å². The smallest absolute Gasteiger partial charge is 0.155 e. The predicted octanol–water partition coefficient (Wildman–Crippen LogP) is 2.48. The third-order valence-corrected chi connectivity index (χ3v) is 1.82. The van der Waals surface area contributed by atoms with Gasteiger partial charge in [0.2, 0.25) is 0 Å². The van der Waals surface area contributed by atoms with Crippen LogP contribution < -0.4 is 4.74 Å². The molecule has 1 rings (SSSR count). The van der Waals surface area contributed by atoms with Crippen molar-refractivity contribution < 1.29 is 4.74 Å². The monoisotopic (exact) mass is 210 g/mol. The summed E-state index contributed by atoms with van der Waals surface area (Å²) in [4.78, 5) is 4.05. The highest BCUT2D eigenvalue weighted by atomic mass is 35.5. The number of ether oxygens (including phenoxy) is 1. The van der Waals surface area contributed by atoms with E-state index in [9.17, 15) is 0 Å². The number of nitrogens with zero attached hydrogens (tertiary/aromatic N) is 2. The van der Waals surface area contributed by atoms with Gasteiger partial charge in [-0.25, -0.2) is 0 Å². The van der Waals surface area contributed by atoms with Crippen LogP contribution in [0, 0.1) is 11.3 Å². The molecule has 0 radical (unpaired) electrons. The lowest BCUT2D eigenvalue weighted by Gasteiger charge is -2.10. The molecule has 74 valence electrons. The first kappa shape index (κ1) is 10.8. The Hall–Kier alpha value is -1.27. The second kappa shape index (κ2) is 4.83. The number of nitriles is 1. The predicted molar refractivity (Wildman–Crippen MR) is 54.3 cm³/mol. The third-order valence-electron chi connectivity index (χ3n) is 1.54. The molecule has 0 fully saturated rings. The van der Waals surface area contributed by atoms with E-state index in [1.165, 1.54) is 6.20 Å². The second-order valence-corrected chi connectivity index (χ2v) is 3.35. The van der Waals surface area contributed by atoms with Crippen molar-refractivity contribution in [1.29, 1.82) is 5.26 Å². The van der Waals surface area contributed by atoms with Gasteiger partial charge in [0.05, 0.1) is 29.4 Å². The first-order chi connectivity index (χ1) is 6.67. The van der Waals surface area contributed by atoms with Crippen LogP contribution in [0.2, 0.25) is 0 Å². The molecule has 0 aliphatic carbocycles. The van der Waals surface area contributed by atoms with E-state index in [4.69, 9.17) is 21.6 Å². The molecule has 0 bridgehead atoms. The fourth-order valence-corrected chi connectivity index (χ4v) is 1.14. The third kappa shape index (κ3) is 2.61. The molecule has 0 N–H and O–H groups in total. The highest BCUT2D eigenvalue weighted by Gasteiger charge is 2.06. The van der Waals surface area contributed by atoms with Crippen molar-refractivity contribution in [3.8, 4) is 11.8 Å². The van der Waals surface area contributed by atoms with Crippen LogP contribution in [0.5, 0.6) is 5.75 Å². The summed E-state index contributed by atoms with van der Waals surface area (Å²) in [6.07, 6.45) is 1.57. The van der Waals surface area contributed by atoms with Gasteiger partial charge < -0.3 is 4.74 Å². The zero-order chi connectivity index (χ0) is 10.6. The SMILES string of the molecule is CC(C)Oc1cnc(CCl)cc1C#N. The summed E-state index contributed by atoms with van der Waals surface area (Å²) in [7, 11) is 0. The van der Waals surface area contributed by atoms with E-state index in [1.54, 1.807) is 6.07 Å². The van der Waals surface area contributed by atoms with Gasteiger partial charge in [0.15, 0.2) is 5.75 Å². The van der Waals surface area contributed by atoms with Crippen molar-refractivity contribution in [2.45, 2.75) is 25.8 Å². The van der Waals surface area contributed by atoms with Gasteiger partial charge in [-0.05, 0) is 19.9 Å². The van der Waals surface area contributed by atoms with Crippen LogP contribution in [0.1, 0.15) is 25.1 Å². The summed E-state index contributed by atoms with van der Waals surface area (Å²) in [6.45, 7) is 3.80. The van der Waals surface area contributed by atoms with E-state index in [-0.39, 0.29) is 6.10 Å². The number of hydrogen-bond acceptors (Lipinski definition) is 3. The molecule has 0 aromatic carbocycles. The minimum atomic E-state index is 0.0331. The maximum atomic E-state index is 8.85. The van der Waals surface area contributed by atoms with Gasteiger partial charge in [0.1, 0.15) is 6.07 Å². The topological polar surface area (TPSA) is 45.9 Å². The Bertz CT molecular complexity index is 358. The Kier molecular flexibility index (Phi) is 3.73. The highest BCUT2D eigenvalue weighted by molar-refractivity contribution is 6.16. The van der Waals surface area contributed by atoms with Crippen LogP contribution in [0.25, 0.3) is 0 Å². The molecular formula is C10H11ClN2O. The van der Waals surface area contributed by atoms with Crippen molar-refractivity contribution in [3.05, 3.63) is 23.5 Å². The van der Waals surface area contributed by atoms with Gasteiger partial charge in [0.25, 0.3) is 0 Å². The minimum Gasteiger partial charge on any atom is -0.488 e. The Morgan fingerprint density at radius 1 is 1.64 bits per heavy atom. The Morgan fingerprint density at radius 2 is 2.36 bits per heavy atom. The fourth-order valence-electron chi connectivity index (χ4n) is 0.994. The zero-order valence-electron chi connectivity index (χ0n) is 8.12. The minimum absolute atomic E-state index is 0.0331. The molecule has 0 aliphatic rings. The van der Waals surface area contributed by atoms with Crippen LogP contribution >= 0.6 is 11.6 Å². The molecule has 14 heavy (non-hydrogen) atoms. The molecular weight excluding hydrogens is 200 g/mol. The molecule has 4 heteroatoms. The van der Waals surface area contributed by atoms with Crippen LogP contribution in [0.4, 0.5) is 0 Å². The number of pyridine rings is 1. The standard InChI is InChI=1S/C10H11ClN2O/c1-7(2)14-10-6-13-9(4-11)3-8(10)5-12/h3,6-7H,4H2,1-2H3. The summed E-state index contributed by atoms with van der Waals surface area (Å²) in [5.74, 6) is 0.813. The average molecular weight is 211 g/mol. The molecule has 0 saturated carbocycles. The lowest BCUT2D eigenvalue weighted by atomic mass is 10.2. The first-order valence-corrected chi connectivity index (χ1v) is 4.82. The van der Waals surface area contributed by atoms with Crippen molar-refractivity contribution in [3.63, 3.8) is 0 Å². The summed E-state index contributed by atoms with van der Waals surface area (Å²) in [5, 5.41) is 8.85. The van der Waals surface area contributed by atoms with Crippen molar-refractivity contribution in [2.75, 3.05) is 0 Å². The summed E-state index contributed by atoms with van der Waals surface area (Å²) < 4.78 is 5.41. The van der Waals surface area contributed by atoms with Gasteiger partial charge in [-0.15, -0.1) is 11.6 Å². The fraction of sp³-hybridized carbons (Fsp3) is 0.400. The van der Waals surface area contributed by atoms with Gasteiger partial charge in [-0.1, -0.05) is 0 Å². The number of rotatable bonds is 3. The molecule has 0 aliphatic heterocycles. The summed E-state index contributed by atoms with van der Waals surface area (Å²) in [5.41, 5.74) is 1.16. The van der Waals surface area contributed by atoms with Crippen LogP contribution in [-0.4, -0.2) is 11.1 Å². The number of aromatic nitrogens is 1. The number of halogens is 1. The van der Waals surface area contributed by atoms with Crippen LogP contribution in [0.15, 0.2) is 12.3 Å². The maximum Gasteiger partial charge on any atom is 0.155 e.